The van der Waals surface area contributed by atoms with E-state index in [2.05, 4.69) is 6.55 Å². The first kappa shape index (κ1) is 9.18. The molecule has 0 heterocycles. The van der Waals surface area contributed by atoms with Crippen LogP contribution in [0.5, 0.6) is 0 Å². The van der Waals surface area contributed by atoms with E-state index in [0.717, 1.165) is 15.9 Å². The lowest BCUT2D eigenvalue weighted by Gasteiger charge is -2.01. The van der Waals surface area contributed by atoms with Crippen LogP contribution in [0.2, 0.25) is 12.6 Å². The lowest BCUT2D eigenvalue weighted by atomic mass is 10.2. The van der Waals surface area contributed by atoms with Gasteiger partial charge in [0.2, 0.25) is 0 Å². The summed E-state index contributed by atoms with van der Waals surface area (Å²) in [6, 6.07) is 1.34. The number of rotatable bonds is 5. The van der Waals surface area contributed by atoms with Crippen molar-refractivity contribution in [1.29, 1.82) is 0 Å². The third kappa shape index (κ3) is 8.18. The average molecular weight is 144 g/mol. The highest BCUT2D eigenvalue weighted by atomic mass is 28.2. The normalized spacial score (nSPS) is 13.7. The molecule has 0 aliphatic heterocycles. The van der Waals surface area contributed by atoms with Crippen molar-refractivity contribution in [3.05, 3.63) is 0 Å². The van der Waals surface area contributed by atoms with E-state index in [-0.39, 0.29) is 6.10 Å². The smallest absolute Gasteiger partial charge is 0.0512 e. The van der Waals surface area contributed by atoms with E-state index >= 15 is 0 Å². The molecule has 0 aliphatic carbocycles. The molecule has 1 nitrogen and oxygen atoms in total. The van der Waals surface area contributed by atoms with Gasteiger partial charge >= 0.3 is 0 Å². The Balaban J connectivity index is 2.75. The van der Waals surface area contributed by atoms with Crippen molar-refractivity contribution < 1.29 is 5.11 Å². The summed E-state index contributed by atoms with van der Waals surface area (Å²) < 4.78 is 0. The zero-order valence-electron chi connectivity index (χ0n) is 6.35. The zero-order valence-corrected chi connectivity index (χ0v) is 7.35. The highest BCUT2D eigenvalue weighted by Crippen LogP contribution is 2.02. The second-order valence-corrected chi connectivity index (χ2v) is 3.66. The van der Waals surface area contributed by atoms with Crippen molar-refractivity contribution in [2.45, 2.75) is 44.9 Å². The van der Waals surface area contributed by atoms with Crippen molar-refractivity contribution in [2.24, 2.45) is 0 Å². The molecule has 0 amide bonds. The third-order valence-corrected chi connectivity index (χ3v) is 2.15. The van der Waals surface area contributed by atoms with E-state index in [4.69, 9.17) is 5.11 Å². The number of unbranched alkanes of at least 4 members (excludes halogenated alkanes) is 1. The van der Waals surface area contributed by atoms with Gasteiger partial charge in [-0.15, -0.1) is 0 Å². The van der Waals surface area contributed by atoms with Gasteiger partial charge in [0, 0.05) is 9.52 Å². The molecule has 54 valence electrons. The van der Waals surface area contributed by atoms with E-state index < -0.39 is 0 Å². The van der Waals surface area contributed by atoms with E-state index in [1.54, 1.807) is 0 Å². The van der Waals surface area contributed by atoms with Gasteiger partial charge in [0.25, 0.3) is 0 Å². The first-order valence-electron chi connectivity index (χ1n) is 3.60. The zero-order chi connectivity index (χ0) is 7.11. The molecule has 0 spiro atoms. The number of hydrogen-bond acceptors (Lipinski definition) is 1. The summed E-state index contributed by atoms with van der Waals surface area (Å²) in [5.74, 6) is 0. The summed E-state index contributed by atoms with van der Waals surface area (Å²) in [6.07, 6.45) is 3.37. The summed E-state index contributed by atoms with van der Waals surface area (Å²) in [4.78, 5) is 0. The predicted octanol–water partition coefficient (Wildman–Crippen LogP) is 1.71. The average Bonchev–Trinajstić information content (AvgIpc) is 1.80. The van der Waals surface area contributed by atoms with Crippen molar-refractivity contribution in [1.82, 2.24) is 0 Å². The molecule has 1 unspecified atom stereocenters. The van der Waals surface area contributed by atoms with Crippen LogP contribution < -0.4 is 0 Å². The van der Waals surface area contributed by atoms with E-state index in [1.807, 2.05) is 6.92 Å². The second-order valence-electron chi connectivity index (χ2n) is 2.45. The standard InChI is InChI=1S/C7H16OSi/c1-7(8)5-3-4-6-9-2/h7-8H,3-6H2,1-2H3. The third-order valence-electron chi connectivity index (χ3n) is 1.30. The maximum absolute atomic E-state index is 8.85. The van der Waals surface area contributed by atoms with Gasteiger partial charge in [0.1, 0.15) is 0 Å². The minimum absolute atomic E-state index is 0.0924. The fourth-order valence-electron chi connectivity index (χ4n) is 0.742. The summed E-state index contributed by atoms with van der Waals surface area (Å²) >= 11 is 0. The number of hydrogen-bond donors (Lipinski definition) is 1. The van der Waals surface area contributed by atoms with E-state index in [1.165, 1.54) is 18.9 Å². The molecule has 2 heteroatoms. The van der Waals surface area contributed by atoms with Gasteiger partial charge in [-0.3, -0.25) is 0 Å². The summed E-state index contributed by atoms with van der Waals surface area (Å²) in [5.41, 5.74) is 0. The van der Waals surface area contributed by atoms with E-state index in [0.29, 0.717) is 0 Å². The quantitative estimate of drug-likeness (QED) is 0.460. The number of aliphatic hydroxyl groups excluding tert-OH is 1. The van der Waals surface area contributed by atoms with Gasteiger partial charge < -0.3 is 5.11 Å². The Morgan fingerprint density at radius 2 is 2.11 bits per heavy atom. The Morgan fingerprint density at radius 1 is 1.44 bits per heavy atom. The molecule has 0 bridgehead atoms. The molecule has 0 aliphatic rings. The monoisotopic (exact) mass is 144 g/mol. The Bertz CT molecular complexity index is 54.9. The van der Waals surface area contributed by atoms with Crippen LogP contribution in [0.15, 0.2) is 0 Å². The Kier molecular flexibility index (Phi) is 6.42. The van der Waals surface area contributed by atoms with Gasteiger partial charge in [-0.2, -0.15) is 0 Å². The minimum atomic E-state index is -0.0924. The van der Waals surface area contributed by atoms with Crippen LogP contribution in [0.1, 0.15) is 26.2 Å². The molecule has 2 radical (unpaired) electrons. The number of aliphatic hydroxyl groups is 1. The van der Waals surface area contributed by atoms with Crippen LogP contribution in [0.25, 0.3) is 0 Å². The Morgan fingerprint density at radius 3 is 2.56 bits per heavy atom. The summed E-state index contributed by atoms with van der Waals surface area (Å²) in [6.45, 7) is 4.08. The van der Waals surface area contributed by atoms with Crippen LogP contribution in [0, 0.1) is 0 Å². The molecule has 0 saturated carbocycles. The van der Waals surface area contributed by atoms with Crippen LogP contribution >= 0.6 is 0 Å². The Hall–Kier alpha value is 0.177. The maximum atomic E-state index is 8.85. The van der Waals surface area contributed by atoms with Crippen molar-refractivity contribution >= 4 is 9.52 Å². The van der Waals surface area contributed by atoms with Crippen LogP contribution in [0.3, 0.4) is 0 Å². The first-order chi connectivity index (χ1) is 4.27. The van der Waals surface area contributed by atoms with Crippen LogP contribution in [0.4, 0.5) is 0 Å². The van der Waals surface area contributed by atoms with Gasteiger partial charge in [-0.05, 0) is 13.3 Å². The molecular weight excluding hydrogens is 128 g/mol. The summed E-state index contributed by atoms with van der Waals surface area (Å²) in [5, 5.41) is 8.85. The maximum Gasteiger partial charge on any atom is 0.0512 e. The van der Waals surface area contributed by atoms with Crippen LogP contribution in [-0.4, -0.2) is 20.7 Å². The largest absolute Gasteiger partial charge is 0.393 e. The van der Waals surface area contributed by atoms with Crippen molar-refractivity contribution in [3.8, 4) is 0 Å². The lowest BCUT2D eigenvalue weighted by Crippen LogP contribution is -1.98. The second kappa shape index (κ2) is 6.30. The molecule has 0 aromatic heterocycles. The molecule has 1 N–H and O–H groups in total. The fraction of sp³-hybridized carbons (Fsp3) is 1.00. The summed E-state index contributed by atoms with van der Waals surface area (Å²) in [7, 11) is 1.08. The topological polar surface area (TPSA) is 20.2 Å². The molecule has 0 fully saturated rings. The molecule has 0 saturated heterocycles. The molecule has 9 heavy (non-hydrogen) atoms. The minimum Gasteiger partial charge on any atom is -0.393 e. The lowest BCUT2D eigenvalue weighted by molar-refractivity contribution is 0.181. The van der Waals surface area contributed by atoms with Crippen LogP contribution in [-0.2, 0) is 0 Å². The van der Waals surface area contributed by atoms with Crippen molar-refractivity contribution in [3.63, 3.8) is 0 Å². The van der Waals surface area contributed by atoms with Gasteiger partial charge in [-0.25, -0.2) is 0 Å². The molecule has 0 rings (SSSR count). The van der Waals surface area contributed by atoms with Gasteiger partial charge in [-0.1, -0.05) is 25.4 Å². The fourth-order valence-corrected chi connectivity index (χ4v) is 1.35. The molecule has 0 aromatic rings. The first-order valence-corrected chi connectivity index (χ1v) is 5.30. The molecular formula is C7H16OSi. The SMILES string of the molecule is C[Si]CCCCC(C)O. The van der Waals surface area contributed by atoms with Crippen molar-refractivity contribution in [2.75, 3.05) is 0 Å². The Labute approximate surface area is 60.3 Å². The highest BCUT2D eigenvalue weighted by Gasteiger charge is 1.93. The highest BCUT2D eigenvalue weighted by molar-refractivity contribution is 6.33. The molecule has 0 aromatic carbocycles. The molecule has 1 atom stereocenters. The van der Waals surface area contributed by atoms with Gasteiger partial charge in [0.05, 0.1) is 6.10 Å². The predicted molar refractivity (Wildman–Crippen MR) is 42.0 cm³/mol. The van der Waals surface area contributed by atoms with Gasteiger partial charge in [0.15, 0.2) is 0 Å². The van der Waals surface area contributed by atoms with E-state index in [9.17, 15) is 0 Å².